The van der Waals surface area contributed by atoms with Crippen molar-refractivity contribution in [3.63, 3.8) is 0 Å². The summed E-state index contributed by atoms with van der Waals surface area (Å²) in [5, 5.41) is 0. The molecule has 0 radical (unpaired) electrons. The van der Waals surface area contributed by atoms with Gasteiger partial charge in [-0.1, -0.05) is 73.5 Å². The van der Waals surface area contributed by atoms with E-state index in [0.717, 1.165) is 11.1 Å². The first-order valence-corrected chi connectivity index (χ1v) is 16.1. The number of esters is 4. The molecule has 8 nitrogen and oxygen atoms in total. The molecule has 0 N–H and O–H groups in total. The van der Waals surface area contributed by atoms with Crippen LogP contribution in [0.2, 0.25) is 0 Å². The molecule has 2 aliphatic carbocycles. The third kappa shape index (κ3) is 6.00. The van der Waals surface area contributed by atoms with Gasteiger partial charge in [0, 0.05) is 0 Å². The first-order chi connectivity index (χ1) is 21.3. The average Bonchev–Trinajstić information content (AvgIpc) is 3.68. The Hall–Kier alpha value is -3.68. The fourth-order valence-corrected chi connectivity index (χ4v) is 7.99. The van der Waals surface area contributed by atoms with Crippen molar-refractivity contribution in [2.45, 2.75) is 78.1 Å². The van der Waals surface area contributed by atoms with Crippen molar-refractivity contribution in [1.29, 1.82) is 0 Å². The molecule has 4 rings (SSSR count). The highest BCUT2D eigenvalue weighted by Gasteiger charge is 2.65. The van der Waals surface area contributed by atoms with Gasteiger partial charge in [-0.3, -0.25) is 19.2 Å². The van der Waals surface area contributed by atoms with Crippen molar-refractivity contribution in [2.24, 2.45) is 22.7 Å². The molecule has 0 bridgehead atoms. The molecule has 0 saturated heterocycles. The van der Waals surface area contributed by atoms with Crippen molar-refractivity contribution in [3.05, 3.63) is 71.8 Å². The van der Waals surface area contributed by atoms with Crippen molar-refractivity contribution in [3.8, 4) is 0 Å². The van der Waals surface area contributed by atoms with E-state index in [0.29, 0.717) is 38.5 Å². The predicted molar refractivity (Wildman–Crippen MR) is 164 cm³/mol. The van der Waals surface area contributed by atoms with Crippen LogP contribution in [0.25, 0.3) is 0 Å². The normalized spacial score (nSPS) is 21.5. The second-order valence-corrected chi connectivity index (χ2v) is 11.7. The molecule has 2 aliphatic rings. The maximum Gasteiger partial charge on any atom is 0.323 e. The Balaban J connectivity index is 2.02. The minimum atomic E-state index is -1.53. The quantitative estimate of drug-likeness (QED) is 0.147. The lowest BCUT2D eigenvalue weighted by molar-refractivity contribution is -0.180. The van der Waals surface area contributed by atoms with Crippen LogP contribution in [-0.4, -0.2) is 50.3 Å². The molecule has 2 saturated carbocycles. The van der Waals surface area contributed by atoms with Gasteiger partial charge in [-0.05, 0) is 88.2 Å². The number of carbonyl (C=O) groups is 4. The van der Waals surface area contributed by atoms with Crippen LogP contribution < -0.4 is 0 Å². The largest absolute Gasteiger partial charge is 0.465 e. The first-order valence-electron chi connectivity index (χ1n) is 16.1. The van der Waals surface area contributed by atoms with E-state index in [1.165, 1.54) is 0 Å². The number of rotatable bonds is 13. The van der Waals surface area contributed by atoms with E-state index in [4.69, 9.17) is 18.9 Å². The molecule has 0 aliphatic heterocycles. The van der Waals surface area contributed by atoms with Gasteiger partial charge in [0.25, 0.3) is 0 Å². The van der Waals surface area contributed by atoms with Gasteiger partial charge in [0.15, 0.2) is 10.8 Å². The minimum Gasteiger partial charge on any atom is -0.465 e. The third-order valence-electron chi connectivity index (χ3n) is 9.62. The van der Waals surface area contributed by atoms with E-state index < -0.39 is 58.4 Å². The van der Waals surface area contributed by atoms with E-state index in [1.54, 1.807) is 27.7 Å². The molecule has 8 heteroatoms. The SMILES string of the molecule is CCOC(=O)C1(C(=O)OCC)CCCC1[C@H](c1ccccc1)[C@@H](c1ccccc1)[C@H]1CCCC1(C(=O)OCC)C(=O)OCC. The molecular formula is C36H46O8. The fourth-order valence-electron chi connectivity index (χ4n) is 7.99. The molecular weight excluding hydrogens is 560 g/mol. The van der Waals surface area contributed by atoms with E-state index in [9.17, 15) is 19.2 Å². The smallest absolute Gasteiger partial charge is 0.323 e. The highest BCUT2D eigenvalue weighted by molar-refractivity contribution is 6.02. The van der Waals surface area contributed by atoms with E-state index in [2.05, 4.69) is 0 Å². The van der Waals surface area contributed by atoms with Gasteiger partial charge < -0.3 is 18.9 Å². The topological polar surface area (TPSA) is 105 Å². The molecule has 0 aromatic heterocycles. The highest BCUT2D eigenvalue weighted by Crippen LogP contribution is 2.62. The Labute approximate surface area is 260 Å². The zero-order valence-electron chi connectivity index (χ0n) is 26.4. The lowest BCUT2D eigenvalue weighted by Crippen LogP contribution is -2.51. The zero-order chi connectivity index (χ0) is 31.7. The summed E-state index contributed by atoms with van der Waals surface area (Å²) in [5.41, 5.74) is -1.23. The zero-order valence-corrected chi connectivity index (χ0v) is 26.4. The Morgan fingerprint density at radius 3 is 1.14 bits per heavy atom. The van der Waals surface area contributed by atoms with Gasteiger partial charge in [0.1, 0.15) is 0 Å². The number of ether oxygens (including phenoxy) is 4. The van der Waals surface area contributed by atoms with Crippen molar-refractivity contribution >= 4 is 23.9 Å². The number of hydrogen-bond acceptors (Lipinski definition) is 8. The highest BCUT2D eigenvalue weighted by atomic mass is 16.6. The summed E-state index contributed by atoms with van der Waals surface area (Å²) < 4.78 is 22.5. The van der Waals surface area contributed by atoms with Gasteiger partial charge in [0.2, 0.25) is 0 Å². The van der Waals surface area contributed by atoms with Crippen LogP contribution in [0.3, 0.4) is 0 Å². The minimum absolute atomic E-state index is 0.127. The molecule has 1 unspecified atom stereocenters. The maximum absolute atomic E-state index is 14.0. The van der Waals surface area contributed by atoms with Crippen LogP contribution in [0.1, 0.15) is 89.2 Å². The molecule has 238 valence electrons. The molecule has 0 heterocycles. The molecule has 0 amide bonds. The third-order valence-corrected chi connectivity index (χ3v) is 9.62. The second-order valence-electron chi connectivity index (χ2n) is 11.7. The lowest BCUT2D eigenvalue weighted by atomic mass is 9.57. The number of benzene rings is 2. The van der Waals surface area contributed by atoms with Crippen LogP contribution in [-0.2, 0) is 38.1 Å². The maximum atomic E-state index is 14.0. The number of hydrogen-bond donors (Lipinski definition) is 0. The van der Waals surface area contributed by atoms with Gasteiger partial charge in [-0.2, -0.15) is 0 Å². The van der Waals surface area contributed by atoms with Crippen molar-refractivity contribution in [2.75, 3.05) is 26.4 Å². The first kappa shape index (κ1) is 33.2. The van der Waals surface area contributed by atoms with Gasteiger partial charge >= 0.3 is 23.9 Å². The van der Waals surface area contributed by atoms with Crippen LogP contribution in [0.4, 0.5) is 0 Å². The molecule has 4 atom stereocenters. The predicted octanol–water partition coefficient (Wildman–Crippen LogP) is 6.38. The Morgan fingerprint density at radius 1 is 0.568 bits per heavy atom. The molecule has 2 aromatic rings. The monoisotopic (exact) mass is 606 g/mol. The van der Waals surface area contributed by atoms with Gasteiger partial charge in [-0.15, -0.1) is 0 Å². The second kappa shape index (κ2) is 14.9. The van der Waals surface area contributed by atoms with Crippen molar-refractivity contribution < 1.29 is 38.1 Å². The number of carbonyl (C=O) groups excluding carboxylic acids is 4. The summed E-state index contributed by atoms with van der Waals surface area (Å²) >= 11 is 0. The summed E-state index contributed by atoms with van der Waals surface area (Å²) in [7, 11) is 0. The Bertz CT molecular complexity index is 1140. The summed E-state index contributed by atoms with van der Waals surface area (Å²) in [6.45, 7) is 7.43. The molecule has 44 heavy (non-hydrogen) atoms. The van der Waals surface area contributed by atoms with Crippen molar-refractivity contribution in [1.82, 2.24) is 0 Å². The van der Waals surface area contributed by atoms with Crippen LogP contribution in [0.15, 0.2) is 60.7 Å². The Kier molecular flexibility index (Phi) is 11.2. The molecule has 2 aromatic carbocycles. The van der Waals surface area contributed by atoms with E-state index >= 15 is 0 Å². The lowest BCUT2D eigenvalue weighted by Gasteiger charge is -2.45. The van der Waals surface area contributed by atoms with E-state index in [1.807, 2.05) is 60.7 Å². The summed E-state index contributed by atoms with van der Waals surface area (Å²) in [4.78, 5) is 55.8. The summed E-state index contributed by atoms with van der Waals surface area (Å²) in [6.07, 6.45) is 2.98. The van der Waals surface area contributed by atoms with Crippen LogP contribution in [0.5, 0.6) is 0 Å². The van der Waals surface area contributed by atoms with E-state index in [-0.39, 0.29) is 26.4 Å². The van der Waals surface area contributed by atoms with Crippen LogP contribution >= 0.6 is 0 Å². The Morgan fingerprint density at radius 2 is 0.864 bits per heavy atom. The summed E-state index contributed by atoms with van der Waals surface area (Å²) in [5.74, 6) is -4.25. The molecule has 2 fully saturated rings. The summed E-state index contributed by atoms with van der Waals surface area (Å²) in [6, 6.07) is 19.6. The fraction of sp³-hybridized carbons (Fsp3) is 0.556. The van der Waals surface area contributed by atoms with Crippen LogP contribution in [0, 0.1) is 22.7 Å². The standard InChI is InChI=1S/C36H46O8/c1-5-41-31(37)35(32(38)42-6-2)23-15-21-27(35)29(25-17-11-9-12-18-25)30(26-19-13-10-14-20-26)28-22-16-24-36(28,33(39)43-7-3)34(40)44-8-4/h9-14,17-20,27-30H,5-8,15-16,21-24H2,1-4H3/t27-,28?,29+,30+/m1/s1. The van der Waals surface area contributed by atoms with Gasteiger partial charge in [0.05, 0.1) is 26.4 Å². The molecule has 0 spiro atoms. The average molecular weight is 607 g/mol. The van der Waals surface area contributed by atoms with Gasteiger partial charge in [-0.25, -0.2) is 0 Å².